The number of ether oxygens (including phenoxy) is 4. The summed E-state index contributed by atoms with van der Waals surface area (Å²) in [6, 6.07) is 6.94. The molecule has 0 amide bonds. The van der Waals surface area contributed by atoms with E-state index in [1.54, 1.807) is 47.8 Å². The largest absolute Gasteiger partial charge is 0.490 e. The van der Waals surface area contributed by atoms with Crippen molar-refractivity contribution < 1.29 is 51.2 Å². The molecule has 0 radical (unpaired) electrons. The highest BCUT2D eigenvalue weighted by molar-refractivity contribution is 8.00. The number of esters is 2. The fourth-order valence-electron chi connectivity index (χ4n) is 4.90. The van der Waals surface area contributed by atoms with E-state index in [1.165, 1.54) is 38.5 Å². The number of carboxylic acids is 2. The molecule has 10 nitrogen and oxygen atoms in total. The van der Waals surface area contributed by atoms with Crippen molar-refractivity contribution in [3.63, 3.8) is 0 Å². The van der Waals surface area contributed by atoms with E-state index < -0.39 is 36.1 Å². The van der Waals surface area contributed by atoms with E-state index >= 15 is 0 Å². The fraction of sp³-hybridized carbons (Fsp3) is 0.562. The Hall–Kier alpha value is -3.12. The number of rotatable bonds is 18. The number of carboxylic acid groups (broad SMARTS) is 2. The van der Waals surface area contributed by atoms with Gasteiger partial charge in [-0.1, -0.05) is 44.6 Å². The zero-order valence-corrected chi connectivity index (χ0v) is 26.4. The van der Waals surface area contributed by atoms with Crippen LogP contribution in [0, 0.1) is 0 Å². The fourth-order valence-corrected chi connectivity index (χ4v) is 7.54. The highest BCUT2D eigenvalue weighted by Gasteiger charge is 2.22. The van der Waals surface area contributed by atoms with Gasteiger partial charge in [-0.2, -0.15) is 23.5 Å². The minimum absolute atomic E-state index is 0. The molecule has 2 atom stereocenters. The van der Waals surface area contributed by atoms with Crippen molar-refractivity contribution in [3.8, 4) is 11.5 Å². The van der Waals surface area contributed by atoms with E-state index in [9.17, 15) is 19.2 Å². The lowest BCUT2D eigenvalue weighted by molar-refractivity contribution is -0.144. The summed E-state index contributed by atoms with van der Waals surface area (Å²) in [5.41, 5.74) is 0. The Morgan fingerprint density at radius 2 is 1.11 bits per heavy atom. The molecule has 0 aromatic heterocycles. The second-order valence-corrected chi connectivity index (χ2v) is 13.4. The third-order valence-corrected chi connectivity index (χ3v) is 10.1. The Morgan fingerprint density at radius 1 is 0.705 bits per heavy atom. The van der Waals surface area contributed by atoms with Crippen molar-refractivity contribution in [2.75, 3.05) is 24.7 Å². The van der Waals surface area contributed by atoms with Gasteiger partial charge in [0.25, 0.3) is 0 Å². The summed E-state index contributed by atoms with van der Waals surface area (Å²) in [6.07, 6.45) is 13.8. The second kappa shape index (κ2) is 20.0. The molecule has 2 unspecified atom stereocenters. The Kier molecular flexibility index (Phi) is 16.1. The van der Waals surface area contributed by atoms with Gasteiger partial charge in [0.05, 0.1) is 0 Å². The molecule has 0 heterocycles. The van der Waals surface area contributed by atoms with E-state index in [4.69, 9.17) is 29.2 Å². The summed E-state index contributed by atoms with van der Waals surface area (Å²) >= 11 is 3.49. The lowest BCUT2D eigenvalue weighted by atomic mass is 10.0. The van der Waals surface area contributed by atoms with Gasteiger partial charge in [0.2, 0.25) is 0 Å². The first kappa shape index (κ1) is 35.4. The van der Waals surface area contributed by atoms with E-state index in [0.717, 1.165) is 50.0 Å². The summed E-state index contributed by atoms with van der Waals surface area (Å²) in [6.45, 7) is 0.147. The molecule has 0 saturated heterocycles. The van der Waals surface area contributed by atoms with Crippen LogP contribution in [0.2, 0.25) is 0 Å². The van der Waals surface area contributed by atoms with Gasteiger partial charge in [0.15, 0.2) is 0 Å². The average Bonchev–Trinajstić information content (AvgIpc) is 3.02. The summed E-state index contributed by atoms with van der Waals surface area (Å²) in [5.74, 6) is -1.93. The molecule has 2 N–H and O–H groups in total. The van der Waals surface area contributed by atoms with Crippen molar-refractivity contribution in [3.05, 3.63) is 48.6 Å². The van der Waals surface area contributed by atoms with Crippen LogP contribution in [0.1, 0.15) is 67.1 Å². The maximum Gasteiger partial charge on any atom is 0.331 e. The number of benzene rings is 1. The molecule has 3 rings (SSSR count). The van der Waals surface area contributed by atoms with Crippen molar-refractivity contribution in [1.82, 2.24) is 0 Å². The van der Waals surface area contributed by atoms with Crippen molar-refractivity contribution in [2.45, 2.75) is 86.9 Å². The molecular weight excluding hydrogens is 608 g/mol. The van der Waals surface area contributed by atoms with Gasteiger partial charge in [0, 0.05) is 55.2 Å². The Labute approximate surface area is 269 Å². The predicted octanol–water partition coefficient (Wildman–Crippen LogP) is 6.17. The molecule has 12 heteroatoms. The van der Waals surface area contributed by atoms with E-state index in [0.29, 0.717) is 33.5 Å². The molecule has 2 aliphatic carbocycles. The third-order valence-electron chi connectivity index (χ3n) is 7.11. The summed E-state index contributed by atoms with van der Waals surface area (Å²) < 4.78 is 22.9. The monoisotopic (exact) mass is 654 g/mol. The molecule has 0 spiro atoms. The summed E-state index contributed by atoms with van der Waals surface area (Å²) in [4.78, 5) is 46.0. The quantitative estimate of drug-likeness (QED) is 0.138. The van der Waals surface area contributed by atoms with Crippen LogP contribution in [-0.4, -0.2) is 81.5 Å². The van der Waals surface area contributed by atoms with Crippen molar-refractivity contribution >= 4 is 47.4 Å². The standard InChI is InChI=1S/C32H42O10S2.2H2/c33-29(34)14-16-31(37)41-25(21-43-27-10-3-1-4-11-27)19-39-23-8-7-9-24(18-23)40-20-26(42-32(38)17-15-30(35)36)22-44-28-12-5-2-6-13-28;;/h7-9,14-18,25-28H,1-6,10-13,19-22H2,(H,33,34)(H,35,36);2*1H/b16-14-,17-15-;;. The van der Waals surface area contributed by atoms with Gasteiger partial charge in [-0.15, -0.1) is 0 Å². The lowest BCUT2D eigenvalue weighted by Crippen LogP contribution is -2.28. The highest BCUT2D eigenvalue weighted by atomic mass is 32.2. The van der Waals surface area contributed by atoms with E-state index in [-0.39, 0.29) is 16.1 Å². The second-order valence-electron chi connectivity index (χ2n) is 10.7. The van der Waals surface area contributed by atoms with E-state index in [1.807, 2.05) is 0 Å². The molecule has 1 aromatic carbocycles. The number of thioether (sulfide) groups is 2. The zero-order valence-electron chi connectivity index (χ0n) is 24.8. The maximum absolute atomic E-state index is 12.2. The topological polar surface area (TPSA) is 146 Å². The normalized spacial score (nSPS) is 17.6. The summed E-state index contributed by atoms with van der Waals surface area (Å²) in [5, 5.41) is 18.6. The molecule has 2 fully saturated rings. The van der Waals surface area contributed by atoms with Gasteiger partial charge in [-0.25, -0.2) is 19.2 Å². The Balaban J connectivity index is 0.00000529. The molecule has 0 aliphatic heterocycles. The minimum Gasteiger partial charge on any atom is -0.490 e. The van der Waals surface area contributed by atoms with Gasteiger partial charge in [-0.05, 0) is 37.8 Å². The van der Waals surface area contributed by atoms with Crippen molar-refractivity contribution in [2.24, 2.45) is 0 Å². The molecule has 1 aromatic rings. The Bertz CT molecular complexity index is 1050. The van der Waals surface area contributed by atoms with Crippen LogP contribution in [0.15, 0.2) is 48.6 Å². The molecule has 2 aliphatic rings. The van der Waals surface area contributed by atoms with Gasteiger partial charge < -0.3 is 29.2 Å². The first-order valence-corrected chi connectivity index (χ1v) is 17.2. The van der Waals surface area contributed by atoms with Crippen molar-refractivity contribution in [1.29, 1.82) is 0 Å². The summed E-state index contributed by atoms with van der Waals surface area (Å²) in [7, 11) is 0. The lowest BCUT2D eigenvalue weighted by Gasteiger charge is -2.24. The number of carbonyl (C=O) groups excluding carboxylic acids is 2. The molecule has 0 bridgehead atoms. The van der Waals surface area contributed by atoms with Crippen LogP contribution in [0.5, 0.6) is 11.5 Å². The third kappa shape index (κ3) is 15.1. The smallest absolute Gasteiger partial charge is 0.331 e. The number of hydrogen-bond donors (Lipinski definition) is 2. The van der Waals surface area contributed by atoms with E-state index in [2.05, 4.69) is 0 Å². The average molecular weight is 655 g/mol. The minimum atomic E-state index is -1.23. The van der Waals surface area contributed by atoms with Crippen LogP contribution < -0.4 is 9.47 Å². The highest BCUT2D eigenvalue weighted by Crippen LogP contribution is 2.30. The Morgan fingerprint density at radius 3 is 1.50 bits per heavy atom. The van der Waals surface area contributed by atoms with Crippen LogP contribution in [-0.2, 0) is 28.7 Å². The first-order valence-electron chi connectivity index (χ1n) is 15.1. The van der Waals surface area contributed by atoms with Gasteiger partial charge >= 0.3 is 23.9 Å². The number of carbonyl (C=O) groups is 4. The molecular formula is C32H46O10S2. The SMILES string of the molecule is O=C(O)/C=C\C(=O)OC(COc1cccc(OCC(CSC2CCCCC2)OC(=O)/C=C\C(=O)O)c1)CSC1CCCCC1.[HH].[HH]. The molecule has 2 saturated carbocycles. The predicted molar refractivity (Wildman–Crippen MR) is 174 cm³/mol. The molecule has 44 heavy (non-hydrogen) atoms. The number of aliphatic carboxylic acids is 2. The number of hydrogen-bond acceptors (Lipinski definition) is 10. The van der Waals surface area contributed by atoms with Gasteiger partial charge in [0.1, 0.15) is 36.9 Å². The molecule has 246 valence electrons. The van der Waals surface area contributed by atoms with Gasteiger partial charge in [-0.3, -0.25) is 0 Å². The zero-order chi connectivity index (χ0) is 31.6. The van der Waals surface area contributed by atoms with Crippen LogP contribution in [0.4, 0.5) is 0 Å². The first-order chi connectivity index (χ1) is 21.3. The van der Waals surface area contributed by atoms with Crippen LogP contribution in [0.25, 0.3) is 0 Å². The maximum atomic E-state index is 12.2. The van der Waals surface area contributed by atoms with Crippen LogP contribution >= 0.6 is 23.5 Å². The van der Waals surface area contributed by atoms with Crippen LogP contribution in [0.3, 0.4) is 0 Å².